The number of fused-ring (bicyclic) bond motifs is 1. The summed E-state index contributed by atoms with van der Waals surface area (Å²) >= 11 is 3.47. The van der Waals surface area contributed by atoms with Crippen molar-refractivity contribution in [2.75, 3.05) is 40.3 Å². The normalized spacial score (nSPS) is 17.4. The predicted octanol–water partition coefficient (Wildman–Crippen LogP) is 2.23. The first kappa shape index (κ1) is 18.6. The van der Waals surface area contributed by atoms with Crippen LogP contribution in [0.5, 0.6) is 5.75 Å². The third-order valence-electron chi connectivity index (χ3n) is 4.57. The number of hydrogen-bond donors (Lipinski definition) is 1. The van der Waals surface area contributed by atoms with Crippen molar-refractivity contribution in [3.05, 3.63) is 40.4 Å². The van der Waals surface area contributed by atoms with Crippen LogP contribution in [0.2, 0.25) is 0 Å². The Hall–Kier alpha value is -1.19. The van der Waals surface area contributed by atoms with Crippen molar-refractivity contribution in [3.63, 3.8) is 0 Å². The second-order valence-electron chi connectivity index (χ2n) is 6.39. The molecular weight excluding hydrogens is 406 g/mol. The number of nitrogens with zero attached hydrogens (tertiary/aromatic N) is 3. The molecule has 1 aliphatic rings. The summed E-state index contributed by atoms with van der Waals surface area (Å²) in [5, 5.41) is 12.4. The lowest BCUT2D eigenvalue weighted by Gasteiger charge is -2.35. The first-order valence-electron chi connectivity index (χ1n) is 8.09. The fourth-order valence-corrected chi connectivity index (χ4v) is 4.56. The molecule has 136 valence electrons. The molecule has 25 heavy (non-hydrogen) atoms. The minimum Gasteiger partial charge on any atom is -0.508 e. The number of benzene rings is 2. The summed E-state index contributed by atoms with van der Waals surface area (Å²) in [6.45, 7) is 2.79. The highest BCUT2D eigenvalue weighted by molar-refractivity contribution is 9.10. The number of halogens is 1. The summed E-state index contributed by atoms with van der Waals surface area (Å²) in [4.78, 5) is 2.18. The first-order valence-corrected chi connectivity index (χ1v) is 10.3. The van der Waals surface area contributed by atoms with Gasteiger partial charge in [0.25, 0.3) is 10.2 Å². The van der Waals surface area contributed by atoms with Crippen molar-refractivity contribution >= 4 is 36.9 Å². The van der Waals surface area contributed by atoms with Gasteiger partial charge in [-0.05, 0) is 29.0 Å². The number of rotatable bonds is 4. The summed E-state index contributed by atoms with van der Waals surface area (Å²) in [7, 11) is -0.259. The molecule has 3 rings (SSSR count). The monoisotopic (exact) mass is 427 g/mol. The van der Waals surface area contributed by atoms with E-state index in [2.05, 4.69) is 20.8 Å². The molecule has 1 saturated heterocycles. The minimum absolute atomic E-state index is 0.276. The maximum absolute atomic E-state index is 12.2. The highest BCUT2D eigenvalue weighted by Gasteiger charge is 2.28. The third-order valence-corrected chi connectivity index (χ3v) is 7.00. The van der Waals surface area contributed by atoms with Gasteiger partial charge in [0.1, 0.15) is 5.75 Å². The molecule has 2 aromatic carbocycles. The van der Waals surface area contributed by atoms with Crippen molar-refractivity contribution < 1.29 is 13.5 Å². The quantitative estimate of drug-likeness (QED) is 0.812. The zero-order valence-corrected chi connectivity index (χ0v) is 16.7. The molecule has 1 fully saturated rings. The van der Waals surface area contributed by atoms with E-state index < -0.39 is 10.2 Å². The smallest absolute Gasteiger partial charge is 0.281 e. The van der Waals surface area contributed by atoms with Crippen LogP contribution in [0.3, 0.4) is 0 Å². The van der Waals surface area contributed by atoms with E-state index in [0.29, 0.717) is 32.7 Å². The summed E-state index contributed by atoms with van der Waals surface area (Å²) in [5.41, 5.74) is 0.883. The van der Waals surface area contributed by atoms with Gasteiger partial charge in [-0.1, -0.05) is 28.1 Å². The second-order valence-corrected chi connectivity index (χ2v) is 9.45. The van der Waals surface area contributed by atoms with Crippen molar-refractivity contribution in [1.82, 2.24) is 13.5 Å². The average Bonchev–Trinajstić information content (AvgIpc) is 2.57. The van der Waals surface area contributed by atoms with E-state index in [1.807, 2.05) is 24.3 Å². The Morgan fingerprint density at radius 2 is 1.80 bits per heavy atom. The lowest BCUT2D eigenvalue weighted by molar-refractivity contribution is 0.176. The van der Waals surface area contributed by atoms with E-state index in [1.165, 1.54) is 8.61 Å². The van der Waals surface area contributed by atoms with Crippen molar-refractivity contribution in [3.8, 4) is 5.75 Å². The van der Waals surface area contributed by atoms with E-state index >= 15 is 0 Å². The van der Waals surface area contributed by atoms with Crippen LogP contribution < -0.4 is 0 Å². The second kappa shape index (κ2) is 7.20. The fourth-order valence-electron chi connectivity index (χ4n) is 3.09. The van der Waals surface area contributed by atoms with Gasteiger partial charge in [-0.15, -0.1) is 0 Å². The van der Waals surface area contributed by atoms with E-state index in [0.717, 1.165) is 20.8 Å². The SMILES string of the molecule is CN(C)S(=O)(=O)N1CCN(Cc2c(O)ccc3cc(Br)ccc23)CC1. The molecule has 6 nitrogen and oxygen atoms in total. The maximum Gasteiger partial charge on any atom is 0.281 e. The summed E-state index contributed by atoms with van der Waals surface area (Å²) in [6.07, 6.45) is 0. The van der Waals surface area contributed by atoms with Gasteiger partial charge >= 0.3 is 0 Å². The lowest BCUT2D eigenvalue weighted by atomic mass is 10.0. The molecule has 0 atom stereocenters. The first-order chi connectivity index (χ1) is 11.8. The van der Waals surface area contributed by atoms with Crippen molar-refractivity contribution in [1.29, 1.82) is 0 Å². The van der Waals surface area contributed by atoms with E-state index in [4.69, 9.17) is 0 Å². The maximum atomic E-state index is 12.2. The molecule has 0 spiro atoms. The fraction of sp³-hybridized carbons (Fsp3) is 0.412. The third kappa shape index (κ3) is 3.83. The zero-order chi connectivity index (χ0) is 18.2. The van der Waals surface area contributed by atoms with Crippen LogP contribution in [0.1, 0.15) is 5.56 Å². The minimum atomic E-state index is -3.36. The number of piperazine rings is 1. The molecule has 0 amide bonds. The topological polar surface area (TPSA) is 64.1 Å². The largest absolute Gasteiger partial charge is 0.508 e. The predicted molar refractivity (Wildman–Crippen MR) is 103 cm³/mol. The molecule has 1 aliphatic heterocycles. The molecule has 0 aliphatic carbocycles. The molecule has 8 heteroatoms. The van der Waals surface area contributed by atoms with Crippen LogP contribution in [0.25, 0.3) is 10.8 Å². The standard InChI is InChI=1S/C17H22BrN3O3S/c1-19(2)25(23,24)21-9-7-20(8-10-21)12-16-15-5-4-14(18)11-13(15)3-6-17(16)22/h3-6,11,22H,7-10,12H2,1-2H3. The zero-order valence-electron chi connectivity index (χ0n) is 14.3. The van der Waals surface area contributed by atoms with Gasteiger partial charge in [0.05, 0.1) is 0 Å². The lowest BCUT2D eigenvalue weighted by Crippen LogP contribution is -2.51. The molecule has 2 aromatic rings. The number of phenolic OH excluding ortho intramolecular Hbond substituents is 1. The molecular formula is C17H22BrN3O3S. The summed E-state index contributed by atoms with van der Waals surface area (Å²) < 4.78 is 28.1. The van der Waals surface area contributed by atoms with Crippen LogP contribution in [-0.4, -0.2) is 67.3 Å². The highest BCUT2D eigenvalue weighted by atomic mass is 79.9. The van der Waals surface area contributed by atoms with Gasteiger partial charge in [0.15, 0.2) is 0 Å². The Bertz CT molecular complexity index is 878. The van der Waals surface area contributed by atoms with E-state index in [9.17, 15) is 13.5 Å². The van der Waals surface area contributed by atoms with Gasteiger partial charge < -0.3 is 5.11 Å². The van der Waals surface area contributed by atoms with Crippen LogP contribution >= 0.6 is 15.9 Å². The van der Waals surface area contributed by atoms with Crippen LogP contribution in [0.4, 0.5) is 0 Å². The Morgan fingerprint density at radius 1 is 1.12 bits per heavy atom. The van der Waals surface area contributed by atoms with Crippen molar-refractivity contribution in [2.45, 2.75) is 6.54 Å². The van der Waals surface area contributed by atoms with E-state index in [1.54, 1.807) is 20.2 Å². The van der Waals surface area contributed by atoms with Gasteiger partial charge in [-0.3, -0.25) is 4.90 Å². The Labute approximate surface area is 156 Å². The summed E-state index contributed by atoms with van der Waals surface area (Å²) in [6, 6.07) is 9.62. The molecule has 1 N–H and O–H groups in total. The average molecular weight is 428 g/mol. The van der Waals surface area contributed by atoms with Gasteiger partial charge in [-0.25, -0.2) is 0 Å². The van der Waals surface area contributed by atoms with E-state index in [-0.39, 0.29) is 5.75 Å². The molecule has 0 unspecified atom stereocenters. The Balaban J connectivity index is 1.77. The molecule has 0 bridgehead atoms. The Kier molecular flexibility index (Phi) is 5.36. The highest BCUT2D eigenvalue weighted by Crippen LogP contribution is 2.30. The molecule has 0 aromatic heterocycles. The van der Waals surface area contributed by atoms with Gasteiger partial charge in [0, 0.05) is 56.9 Å². The van der Waals surface area contributed by atoms with Crippen LogP contribution in [0, 0.1) is 0 Å². The number of phenols is 1. The van der Waals surface area contributed by atoms with Crippen LogP contribution in [0.15, 0.2) is 34.8 Å². The molecule has 0 radical (unpaired) electrons. The summed E-state index contributed by atoms with van der Waals surface area (Å²) in [5.74, 6) is 0.276. The molecule has 1 heterocycles. The number of hydrogen-bond acceptors (Lipinski definition) is 4. The van der Waals surface area contributed by atoms with Gasteiger partial charge in [0.2, 0.25) is 0 Å². The van der Waals surface area contributed by atoms with Crippen LogP contribution in [-0.2, 0) is 16.8 Å². The molecule has 0 saturated carbocycles. The Morgan fingerprint density at radius 3 is 2.44 bits per heavy atom. The number of aromatic hydroxyl groups is 1. The van der Waals surface area contributed by atoms with Gasteiger partial charge in [-0.2, -0.15) is 17.0 Å². The van der Waals surface area contributed by atoms with Crippen molar-refractivity contribution in [2.24, 2.45) is 0 Å².